The maximum absolute atomic E-state index is 10.00. The molecule has 0 spiro atoms. The molecule has 0 radical (unpaired) electrons. The van der Waals surface area contributed by atoms with Crippen LogP contribution in [-0.4, -0.2) is 17.2 Å². The molecule has 19 heavy (non-hydrogen) atoms. The summed E-state index contributed by atoms with van der Waals surface area (Å²) in [5.41, 5.74) is 1.98. The van der Waals surface area contributed by atoms with Crippen LogP contribution in [0.2, 0.25) is 0 Å². The molecule has 1 heterocycles. The number of methoxy groups -OCH3 is 1. The van der Waals surface area contributed by atoms with E-state index in [1.165, 1.54) is 0 Å². The molecule has 0 aliphatic heterocycles. The van der Waals surface area contributed by atoms with Gasteiger partial charge >= 0.3 is 0 Å². The molecule has 0 aliphatic rings. The van der Waals surface area contributed by atoms with Gasteiger partial charge in [-0.2, -0.15) is 0 Å². The van der Waals surface area contributed by atoms with Crippen molar-refractivity contribution >= 4 is 0 Å². The molecule has 0 bridgehead atoms. The fourth-order valence-corrected chi connectivity index (χ4v) is 1.91. The third-order valence-electron chi connectivity index (χ3n) is 3.11. The summed E-state index contributed by atoms with van der Waals surface area (Å²) in [7, 11) is 1.55. The monoisotopic (exact) mass is 258 g/mol. The number of nitrogens with one attached hydrogen (secondary N) is 1. The average molecular weight is 258 g/mol. The van der Waals surface area contributed by atoms with Crippen LogP contribution in [0.5, 0.6) is 11.5 Å². The van der Waals surface area contributed by atoms with Crippen molar-refractivity contribution in [2.24, 2.45) is 0 Å². The van der Waals surface area contributed by atoms with Gasteiger partial charge in [-0.15, -0.1) is 0 Å². The molecule has 0 unspecified atom stereocenters. The molecule has 0 amide bonds. The SMILES string of the molecule is COc1cccc(CN[C@H](C)c2ccncc2)c1O. The quantitative estimate of drug-likeness (QED) is 0.865. The predicted octanol–water partition coefficient (Wildman–Crippen LogP) is 2.65. The Morgan fingerprint density at radius 1 is 1.26 bits per heavy atom. The molecular formula is C15H18N2O2. The average Bonchev–Trinajstić information content (AvgIpc) is 2.47. The Balaban J connectivity index is 2.03. The Hall–Kier alpha value is -2.07. The molecule has 0 aliphatic carbocycles. The topological polar surface area (TPSA) is 54.4 Å². The number of para-hydroxylation sites is 1. The van der Waals surface area contributed by atoms with Gasteiger partial charge < -0.3 is 15.2 Å². The zero-order valence-electron chi connectivity index (χ0n) is 11.1. The lowest BCUT2D eigenvalue weighted by Gasteiger charge is -2.15. The van der Waals surface area contributed by atoms with Gasteiger partial charge in [0.1, 0.15) is 0 Å². The number of nitrogens with zero attached hydrogens (tertiary/aromatic N) is 1. The number of rotatable bonds is 5. The molecule has 2 aromatic rings. The molecule has 1 aromatic heterocycles. The maximum Gasteiger partial charge on any atom is 0.162 e. The fraction of sp³-hybridized carbons (Fsp3) is 0.267. The number of hydrogen-bond acceptors (Lipinski definition) is 4. The van der Waals surface area contributed by atoms with E-state index in [2.05, 4.69) is 17.2 Å². The number of phenols is 1. The van der Waals surface area contributed by atoms with Crippen molar-refractivity contribution in [2.75, 3.05) is 7.11 Å². The standard InChI is InChI=1S/C15H18N2O2/c1-11(12-6-8-16-9-7-12)17-10-13-4-3-5-14(19-2)15(13)18/h3-9,11,17-18H,10H2,1-2H3/t11-/m1/s1. The first-order valence-electron chi connectivity index (χ1n) is 6.20. The summed E-state index contributed by atoms with van der Waals surface area (Å²) in [5.74, 6) is 0.690. The van der Waals surface area contributed by atoms with Crippen LogP contribution >= 0.6 is 0 Å². The smallest absolute Gasteiger partial charge is 0.162 e. The summed E-state index contributed by atoms with van der Waals surface area (Å²) < 4.78 is 5.09. The Kier molecular flexibility index (Phi) is 4.36. The van der Waals surface area contributed by atoms with Gasteiger partial charge in [-0.05, 0) is 30.7 Å². The van der Waals surface area contributed by atoms with E-state index in [0.717, 1.165) is 11.1 Å². The lowest BCUT2D eigenvalue weighted by atomic mass is 10.1. The van der Waals surface area contributed by atoms with Crippen LogP contribution in [0.4, 0.5) is 0 Å². The number of aromatic hydroxyl groups is 1. The van der Waals surface area contributed by atoms with Gasteiger partial charge in [-0.1, -0.05) is 12.1 Å². The highest BCUT2D eigenvalue weighted by molar-refractivity contribution is 5.45. The highest BCUT2D eigenvalue weighted by atomic mass is 16.5. The van der Waals surface area contributed by atoms with Crippen molar-refractivity contribution in [1.82, 2.24) is 10.3 Å². The second kappa shape index (κ2) is 6.20. The maximum atomic E-state index is 10.00. The number of benzene rings is 1. The number of pyridine rings is 1. The van der Waals surface area contributed by atoms with E-state index in [-0.39, 0.29) is 11.8 Å². The van der Waals surface area contributed by atoms with E-state index in [1.807, 2.05) is 24.3 Å². The summed E-state index contributed by atoms with van der Waals surface area (Å²) in [5, 5.41) is 13.4. The minimum absolute atomic E-state index is 0.189. The molecule has 2 rings (SSSR count). The van der Waals surface area contributed by atoms with E-state index in [9.17, 15) is 5.11 Å². The van der Waals surface area contributed by atoms with Gasteiger partial charge in [0.2, 0.25) is 0 Å². The van der Waals surface area contributed by atoms with Crippen molar-refractivity contribution in [3.05, 3.63) is 53.9 Å². The van der Waals surface area contributed by atoms with Gasteiger partial charge in [-0.3, -0.25) is 4.98 Å². The largest absolute Gasteiger partial charge is 0.504 e. The van der Waals surface area contributed by atoms with Crippen LogP contribution < -0.4 is 10.1 Å². The van der Waals surface area contributed by atoms with Crippen molar-refractivity contribution in [3.63, 3.8) is 0 Å². The molecular weight excluding hydrogens is 240 g/mol. The molecule has 4 heteroatoms. The fourth-order valence-electron chi connectivity index (χ4n) is 1.91. The molecule has 0 saturated heterocycles. The van der Waals surface area contributed by atoms with E-state index < -0.39 is 0 Å². The minimum Gasteiger partial charge on any atom is -0.504 e. The van der Waals surface area contributed by atoms with Crippen LogP contribution in [0.3, 0.4) is 0 Å². The third-order valence-corrected chi connectivity index (χ3v) is 3.11. The van der Waals surface area contributed by atoms with Crippen LogP contribution in [0.1, 0.15) is 24.1 Å². The van der Waals surface area contributed by atoms with Gasteiger partial charge in [0.05, 0.1) is 7.11 Å². The summed E-state index contributed by atoms with van der Waals surface area (Å²) >= 11 is 0. The molecule has 1 aromatic carbocycles. The third kappa shape index (κ3) is 3.23. The number of aromatic nitrogens is 1. The van der Waals surface area contributed by atoms with Gasteiger partial charge in [0, 0.05) is 30.5 Å². The van der Waals surface area contributed by atoms with Gasteiger partial charge in [0.25, 0.3) is 0 Å². The Labute approximate surface area is 113 Å². The molecule has 0 saturated carbocycles. The lowest BCUT2D eigenvalue weighted by Crippen LogP contribution is -2.18. The van der Waals surface area contributed by atoms with E-state index >= 15 is 0 Å². The molecule has 2 N–H and O–H groups in total. The van der Waals surface area contributed by atoms with E-state index in [0.29, 0.717) is 12.3 Å². The summed E-state index contributed by atoms with van der Waals surface area (Å²) in [6.07, 6.45) is 3.55. The molecule has 0 fully saturated rings. The summed E-state index contributed by atoms with van der Waals surface area (Å²) in [6, 6.07) is 9.63. The zero-order chi connectivity index (χ0) is 13.7. The van der Waals surface area contributed by atoms with Crippen molar-refractivity contribution in [3.8, 4) is 11.5 Å². The molecule has 4 nitrogen and oxygen atoms in total. The van der Waals surface area contributed by atoms with Crippen LogP contribution in [0, 0.1) is 0 Å². The first kappa shape index (κ1) is 13.4. The number of hydrogen-bond donors (Lipinski definition) is 2. The first-order chi connectivity index (χ1) is 9.22. The summed E-state index contributed by atoms with van der Waals surface area (Å²) in [4.78, 5) is 4.00. The molecule has 100 valence electrons. The van der Waals surface area contributed by atoms with Crippen LogP contribution in [0.25, 0.3) is 0 Å². The van der Waals surface area contributed by atoms with Gasteiger partial charge in [-0.25, -0.2) is 0 Å². The second-order valence-electron chi connectivity index (χ2n) is 4.35. The predicted molar refractivity (Wildman–Crippen MR) is 74.2 cm³/mol. The van der Waals surface area contributed by atoms with Crippen molar-refractivity contribution < 1.29 is 9.84 Å². The Bertz CT molecular complexity index is 529. The van der Waals surface area contributed by atoms with E-state index in [1.54, 1.807) is 25.6 Å². The molecule has 1 atom stereocenters. The zero-order valence-corrected chi connectivity index (χ0v) is 11.1. The highest BCUT2D eigenvalue weighted by Crippen LogP contribution is 2.29. The Morgan fingerprint density at radius 3 is 2.68 bits per heavy atom. The number of ether oxygens (including phenoxy) is 1. The number of phenolic OH excluding ortho intramolecular Hbond substituents is 1. The van der Waals surface area contributed by atoms with Crippen molar-refractivity contribution in [1.29, 1.82) is 0 Å². The van der Waals surface area contributed by atoms with Crippen LogP contribution in [-0.2, 0) is 6.54 Å². The first-order valence-corrected chi connectivity index (χ1v) is 6.20. The van der Waals surface area contributed by atoms with E-state index in [4.69, 9.17) is 4.74 Å². The normalized spacial score (nSPS) is 12.1. The van der Waals surface area contributed by atoms with Crippen LogP contribution in [0.15, 0.2) is 42.7 Å². The highest BCUT2D eigenvalue weighted by Gasteiger charge is 2.09. The summed E-state index contributed by atoms with van der Waals surface area (Å²) in [6.45, 7) is 2.65. The Morgan fingerprint density at radius 2 is 2.00 bits per heavy atom. The van der Waals surface area contributed by atoms with Crippen molar-refractivity contribution in [2.45, 2.75) is 19.5 Å². The lowest BCUT2D eigenvalue weighted by molar-refractivity contribution is 0.369. The minimum atomic E-state index is 0.189. The second-order valence-corrected chi connectivity index (χ2v) is 4.35. The van der Waals surface area contributed by atoms with Gasteiger partial charge in [0.15, 0.2) is 11.5 Å².